The van der Waals surface area contributed by atoms with Gasteiger partial charge >= 0.3 is 0 Å². The predicted molar refractivity (Wildman–Crippen MR) is 81.0 cm³/mol. The van der Waals surface area contributed by atoms with E-state index in [-0.39, 0.29) is 0 Å². The number of aryl methyl sites for hydroxylation is 1. The van der Waals surface area contributed by atoms with E-state index in [1.54, 1.807) is 0 Å². The van der Waals surface area contributed by atoms with Gasteiger partial charge in [-0.2, -0.15) is 5.10 Å². The Bertz CT molecular complexity index is 610. The molecular formula is C16H23N5. The minimum Gasteiger partial charge on any atom is -0.353 e. The summed E-state index contributed by atoms with van der Waals surface area (Å²) in [6.45, 7) is 3.29. The number of hydrogen-bond donors (Lipinski definition) is 1. The van der Waals surface area contributed by atoms with Crippen molar-refractivity contribution in [3.8, 4) is 0 Å². The molecule has 2 aromatic heterocycles. The number of piperidine rings is 1. The van der Waals surface area contributed by atoms with Gasteiger partial charge in [0.15, 0.2) is 5.82 Å². The van der Waals surface area contributed by atoms with E-state index in [9.17, 15) is 0 Å². The molecule has 1 N–H and O–H groups in total. The molecule has 0 amide bonds. The zero-order valence-electron chi connectivity index (χ0n) is 12.6. The molecule has 1 aliphatic carbocycles. The summed E-state index contributed by atoms with van der Waals surface area (Å²) in [7, 11) is 2.12. The van der Waals surface area contributed by atoms with E-state index in [4.69, 9.17) is 4.98 Å². The molecule has 5 nitrogen and oxygen atoms in total. The fourth-order valence-corrected chi connectivity index (χ4v) is 3.31. The van der Waals surface area contributed by atoms with Gasteiger partial charge in [-0.15, -0.1) is 0 Å². The van der Waals surface area contributed by atoms with Crippen molar-refractivity contribution >= 4 is 0 Å². The Labute approximate surface area is 125 Å². The molecule has 0 radical (unpaired) electrons. The Balaban J connectivity index is 1.43. The lowest BCUT2D eigenvalue weighted by Gasteiger charge is -2.31. The van der Waals surface area contributed by atoms with Gasteiger partial charge in [0.1, 0.15) is 5.82 Å². The van der Waals surface area contributed by atoms with Crippen LogP contribution < -0.4 is 0 Å². The Kier molecular flexibility index (Phi) is 3.30. The van der Waals surface area contributed by atoms with Crippen LogP contribution in [0.2, 0.25) is 0 Å². The highest BCUT2D eigenvalue weighted by molar-refractivity contribution is 5.10. The molecule has 2 fully saturated rings. The van der Waals surface area contributed by atoms with Crippen LogP contribution in [-0.2, 0) is 13.6 Å². The Morgan fingerprint density at radius 3 is 2.95 bits per heavy atom. The van der Waals surface area contributed by atoms with Gasteiger partial charge in [-0.05, 0) is 44.4 Å². The highest BCUT2D eigenvalue weighted by Gasteiger charge is 2.30. The first kappa shape index (κ1) is 13.1. The van der Waals surface area contributed by atoms with Gasteiger partial charge in [-0.3, -0.25) is 10.00 Å². The maximum absolute atomic E-state index is 4.75. The minimum atomic E-state index is 0.489. The highest BCUT2D eigenvalue weighted by atomic mass is 15.2. The molecule has 1 saturated carbocycles. The normalized spacial score (nSPS) is 23.6. The van der Waals surface area contributed by atoms with Crippen molar-refractivity contribution < 1.29 is 0 Å². The van der Waals surface area contributed by atoms with Crippen molar-refractivity contribution in [2.75, 3.05) is 13.1 Å². The van der Waals surface area contributed by atoms with Crippen LogP contribution in [-0.4, -0.2) is 37.7 Å². The van der Waals surface area contributed by atoms with Crippen molar-refractivity contribution in [3.63, 3.8) is 0 Å². The Morgan fingerprint density at radius 2 is 2.19 bits per heavy atom. The van der Waals surface area contributed by atoms with Gasteiger partial charge in [-0.1, -0.05) is 0 Å². The second-order valence-electron chi connectivity index (χ2n) is 6.54. The van der Waals surface area contributed by atoms with E-state index >= 15 is 0 Å². The SMILES string of the molecule is Cn1cccc1CN1CCC[C@H](c2n[nH]c(C3CC3)n2)C1. The van der Waals surface area contributed by atoms with E-state index in [1.807, 2.05) is 0 Å². The molecule has 0 spiro atoms. The molecule has 1 atom stereocenters. The molecular weight excluding hydrogens is 262 g/mol. The van der Waals surface area contributed by atoms with Crippen molar-refractivity contribution in [2.45, 2.75) is 44.1 Å². The van der Waals surface area contributed by atoms with Crippen LogP contribution in [0.4, 0.5) is 0 Å². The molecule has 1 saturated heterocycles. The minimum absolute atomic E-state index is 0.489. The second-order valence-corrected chi connectivity index (χ2v) is 6.54. The van der Waals surface area contributed by atoms with E-state index in [0.29, 0.717) is 11.8 Å². The smallest absolute Gasteiger partial charge is 0.155 e. The summed E-state index contributed by atoms with van der Waals surface area (Å²) in [5, 5.41) is 7.63. The number of aromatic nitrogens is 4. The first-order chi connectivity index (χ1) is 10.3. The molecule has 4 rings (SSSR count). The average Bonchev–Trinajstić information content (AvgIpc) is 3.09. The predicted octanol–water partition coefficient (Wildman–Crippen LogP) is 2.40. The summed E-state index contributed by atoms with van der Waals surface area (Å²) < 4.78 is 2.21. The first-order valence-electron chi connectivity index (χ1n) is 8.04. The lowest BCUT2D eigenvalue weighted by molar-refractivity contribution is 0.193. The molecule has 0 unspecified atom stereocenters. The van der Waals surface area contributed by atoms with Crippen molar-refractivity contribution in [1.29, 1.82) is 0 Å². The standard InChI is InChI=1S/C16H23N5/c1-20-8-3-5-14(20)11-21-9-2-4-13(10-21)16-17-15(18-19-16)12-6-7-12/h3,5,8,12-13H,2,4,6-7,9-11H2,1H3,(H,17,18,19)/t13-/m0/s1. The molecule has 5 heteroatoms. The highest BCUT2D eigenvalue weighted by Crippen LogP contribution is 2.38. The lowest BCUT2D eigenvalue weighted by atomic mass is 9.97. The average molecular weight is 285 g/mol. The van der Waals surface area contributed by atoms with E-state index in [0.717, 1.165) is 24.7 Å². The second kappa shape index (κ2) is 5.30. The summed E-state index contributed by atoms with van der Waals surface area (Å²) in [6, 6.07) is 4.33. The third-order valence-corrected chi connectivity index (χ3v) is 4.79. The van der Waals surface area contributed by atoms with Gasteiger partial charge in [0, 0.05) is 43.9 Å². The van der Waals surface area contributed by atoms with Crippen LogP contribution in [0, 0.1) is 0 Å². The van der Waals surface area contributed by atoms with E-state index < -0.39 is 0 Å². The molecule has 2 aromatic rings. The van der Waals surface area contributed by atoms with Crippen LogP contribution in [0.5, 0.6) is 0 Å². The van der Waals surface area contributed by atoms with Crippen molar-refractivity contribution in [2.24, 2.45) is 7.05 Å². The zero-order valence-corrected chi connectivity index (χ0v) is 12.6. The number of aromatic amines is 1. The van der Waals surface area contributed by atoms with Gasteiger partial charge in [0.25, 0.3) is 0 Å². The maximum atomic E-state index is 4.75. The van der Waals surface area contributed by atoms with Gasteiger partial charge in [0.2, 0.25) is 0 Å². The molecule has 112 valence electrons. The molecule has 1 aliphatic heterocycles. The van der Waals surface area contributed by atoms with E-state index in [2.05, 4.69) is 45.0 Å². The van der Waals surface area contributed by atoms with Gasteiger partial charge in [0.05, 0.1) is 0 Å². The Morgan fingerprint density at radius 1 is 1.29 bits per heavy atom. The van der Waals surface area contributed by atoms with Crippen molar-refractivity contribution in [3.05, 3.63) is 35.7 Å². The summed E-state index contributed by atoms with van der Waals surface area (Å²) in [4.78, 5) is 7.28. The monoisotopic (exact) mass is 285 g/mol. The number of rotatable bonds is 4. The largest absolute Gasteiger partial charge is 0.353 e. The topological polar surface area (TPSA) is 49.7 Å². The number of nitrogens with one attached hydrogen (secondary N) is 1. The summed E-state index contributed by atoms with van der Waals surface area (Å²) >= 11 is 0. The van der Waals surface area contributed by atoms with Crippen LogP contribution in [0.1, 0.15) is 54.9 Å². The van der Waals surface area contributed by atoms with Crippen LogP contribution in [0.25, 0.3) is 0 Å². The zero-order chi connectivity index (χ0) is 14.2. The molecule has 0 bridgehead atoms. The van der Waals surface area contributed by atoms with Gasteiger partial charge in [-0.25, -0.2) is 4.98 Å². The molecule has 3 heterocycles. The number of nitrogens with zero attached hydrogens (tertiary/aromatic N) is 4. The fraction of sp³-hybridized carbons (Fsp3) is 0.625. The first-order valence-corrected chi connectivity index (χ1v) is 8.04. The van der Waals surface area contributed by atoms with E-state index in [1.165, 1.54) is 37.9 Å². The molecule has 2 aliphatic rings. The number of H-pyrrole nitrogens is 1. The fourth-order valence-electron chi connectivity index (χ4n) is 3.31. The number of hydrogen-bond acceptors (Lipinski definition) is 3. The third kappa shape index (κ3) is 2.75. The van der Waals surface area contributed by atoms with Crippen LogP contribution in [0.3, 0.4) is 0 Å². The van der Waals surface area contributed by atoms with Gasteiger partial charge < -0.3 is 4.57 Å². The summed E-state index contributed by atoms with van der Waals surface area (Å²) in [5.41, 5.74) is 1.38. The van der Waals surface area contributed by atoms with Crippen LogP contribution >= 0.6 is 0 Å². The summed E-state index contributed by atoms with van der Waals surface area (Å²) in [6.07, 6.45) is 7.12. The van der Waals surface area contributed by atoms with Crippen LogP contribution in [0.15, 0.2) is 18.3 Å². The van der Waals surface area contributed by atoms with Crippen molar-refractivity contribution in [1.82, 2.24) is 24.6 Å². The third-order valence-electron chi connectivity index (χ3n) is 4.79. The molecule has 0 aromatic carbocycles. The quantitative estimate of drug-likeness (QED) is 0.938. The number of likely N-dealkylation sites (tertiary alicyclic amines) is 1. The Hall–Kier alpha value is -1.62. The lowest BCUT2D eigenvalue weighted by Crippen LogP contribution is -2.34. The maximum Gasteiger partial charge on any atom is 0.155 e. The summed E-state index contributed by atoms with van der Waals surface area (Å²) in [5.74, 6) is 3.30. The molecule has 21 heavy (non-hydrogen) atoms.